The number of ether oxygens (including phenoxy) is 2. The summed E-state index contributed by atoms with van der Waals surface area (Å²) in [6.07, 6.45) is 0.699. The van der Waals surface area contributed by atoms with Crippen molar-refractivity contribution in [2.24, 2.45) is 0 Å². The number of hydrogen-bond acceptors (Lipinski definition) is 6. The van der Waals surface area contributed by atoms with Crippen molar-refractivity contribution in [3.05, 3.63) is 82.3 Å². The Hall–Kier alpha value is -3.47. The molecular formula is C30H35Cl2N3O6S. The van der Waals surface area contributed by atoms with E-state index >= 15 is 0 Å². The Labute approximate surface area is 257 Å². The maximum absolute atomic E-state index is 14.1. The maximum atomic E-state index is 14.1. The lowest BCUT2D eigenvalue weighted by molar-refractivity contribution is -0.139. The van der Waals surface area contributed by atoms with E-state index in [1.54, 1.807) is 31.2 Å². The molecule has 3 aromatic carbocycles. The van der Waals surface area contributed by atoms with Crippen molar-refractivity contribution in [3.63, 3.8) is 0 Å². The van der Waals surface area contributed by atoms with Crippen LogP contribution >= 0.6 is 23.2 Å². The molecule has 12 heteroatoms. The molecule has 0 fully saturated rings. The number of hydrogen-bond donors (Lipinski definition) is 1. The first kappa shape index (κ1) is 33.0. The molecule has 0 unspecified atom stereocenters. The Morgan fingerprint density at radius 3 is 2.17 bits per heavy atom. The van der Waals surface area contributed by atoms with E-state index in [0.717, 1.165) is 4.31 Å². The molecule has 0 aromatic heterocycles. The summed E-state index contributed by atoms with van der Waals surface area (Å²) in [6, 6.07) is 16.2. The van der Waals surface area contributed by atoms with E-state index in [-0.39, 0.29) is 34.8 Å². The highest BCUT2D eigenvalue weighted by molar-refractivity contribution is 7.92. The lowest BCUT2D eigenvalue weighted by Crippen LogP contribution is -2.52. The zero-order valence-corrected chi connectivity index (χ0v) is 26.5. The van der Waals surface area contributed by atoms with Crippen LogP contribution in [0.2, 0.25) is 10.0 Å². The van der Waals surface area contributed by atoms with Gasteiger partial charge in [-0.15, -0.1) is 0 Å². The van der Waals surface area contributed by atoms with Gasteiger partial charge in [0, 0.05) is 28.7 Å². The highest BCUT2D eigenvalue weighted by Gasteiger charge is 2.33. The van der Waals surface area contributed by atoms with E-state index in [1.807, 2.05) is 13.8 Å². The van der Waals surface area contributed by atoms with Gasteiger partial charge in [0.15, 0.2) is 11.5 Å². The third-order valence-electron chi connectivity index (χ3n) is 6.80. The fourth-order valence-corrected chi connectivity index (χ4v) is 5.85. The van der Waals surface area contributed by atoms with Crippen LogP contribution in [0, 0.1) is 0 Å². The average molecular weight is 637 g/mol. The predicted octanol–water partition coefficient (Wildman–Crippen LogP) is 5.54. The average Bonchev–Trinajstić information content (AvgIpc) is 2.98. The van der Waals surface area contributed by atoms with Gasteiger partial charge in [-0.1, -0.05) is 48.3 Å². The molecule has 0 heterocycles. The fraction of sp³-hybridized carbons (Fsp3) is 0.333. The summed E-state index contributed by atoms with van der Waals surface area (Å²) < 4.78 is 39.7. The molecule has 3 rings (SSSR count). The summed E-state index contributed by atoms with van der Waals surface area (Å²) in [5.74, 6) is -0.430. The summed E-state index contributed by atoms with van der Waals surface area (Å²) >= 11 is 12.5. The molecule has 0 aliphatic heterocycles. The van der Waals surface area contributed by atoms with Crippen LogP contribution in [-0.2, 0) is 26.2 Å². The van der Waals surface area contributed by atoms with E-state index in [9.17, 15) is 18.0 Å². The summed E-state index contributed by atoms with van der Waals surface area (Å²) in [5.41, 5.74) is 0.813. The standard InChI is InChI=1S/C30H35Cl2N3O6S/c1-6-20(2)33-30(37)21(3)34(18-22-9-7-8-10-26(22)32)29(36)19-35(24-13-11-23(31)12-14-24)42(38,39)25-15-16-27(40-4)28(17-25)41-5/h7-17,20-21H,6,18-19H2,1-5H3,(H,33,37)/t20-,21-/m1/s1. The number of carbonyl (C=O) groups is 2. The van der Waals surface area contributed by atoms with Crippen LogP contribution in [0.4, 0.5) is 5.69 Å². The smallest absolute Gasteiger partial charge is 0.264 e. The molecule has 9 nitrogen and oxygen atoms in total. The van der Waals surface area contributed by atoms with E-state index < -0.39 is 28.5 Å². The number of benzene rings is 3. The Kier molecular flexibility index (Phi) is 11.5. The van der Waals surface area contributed by atoms with Gasteiger partial charge in [0.25, 0.3) is 10.0 Å². The molecule has 226 valence electrons. The van der Waals surface area contributed by atoms with Crippen molar-refractivity contribution >= 4 is 50.7 Å². The van der Waals surface area contributed by atoms with E-state index in [2.05, 4.69) is 5.32 Å². The molecule has 0 saturated carbocycles. The Morgan fingerprint density at radius 2 is 1.57 bits per heavy atom. The van der Waals surface area contributed by atoms with E-state index in [0.29, 0.717) is 27.8 Å². The highest BCUT2D eigenvalue weighted by atomic mass is 35.5. The number of carbonyl (C=O) groups excluding carboxylic acids is 2. The SMILES string of the molecule is CC[C@@H](C)NC(=O)[C@@H](C)N(Cc1ccccc1Cl)C(=O)CN(c1ccc(Cl)cc1)S(=O)(=O)c1ccc(OC)c(OC)c1. The molecule has 0 aliphatic carbocycles. The van der Waals surface area contributed by atoms with Gasteiger partial charge in [0.1, 0.15) is 12.6 Å². The van der Waals surface area contributed by atoms with Gasteiger partial charge in [-0.3, -0.25) is 13.9 Å². The molecule has 0 bridgehead atoms. The summed E-state index contributed by atoms with van der Waals surface area (Å²) in [7, 11) is -1.49. The lowest BCUT2D eigenvalue weighted by atomic mass is 10.1. The van der Waals surface area contributed by atoms with Crippen molar-refractivity contribution in [2.75, 3.05) is 25.1 Å². The molecular weight excluding hydrogens is 601 g/mol. The highest BCUT2D eigenvalue weighted by Crippen LogP contribution is 2.33. The van der Waals surface area contributed by atoms with Gasteiger partial charge in [0.2, 0.25) is 11.8 Å². The monoisotopic (exact) mass is 635 g/mol. The lowest BCUT2D eigenvalue weighted by Gasteiger charge is -2.32. The summed E-state index contributed by atoms with van der Waals surface area (Å²) in [4.78, 5) is 28.4. The van der Waals surface area contributed by atoms with Gasteiger partial charge in [0.05, 0.1) is 24.8 Å². The topological polar surface area (TPSA) is 105 Å². The Balaban J connectivity index is 2.07. The van der Waals surface area contributed by atoms with Crippen LogP contribution in [0.25, 0.3) is 0 Å². The molecule has 0 spiro atoms. The maximum Gasteiger partial charge on any atom is 0.264 e. The second-order valence-electron chi connectivity index (χ2n) is 9.61. The normalized spacial score (nSPS) is 12.6. The van der Waals surface area contributed by atoms with Crippen molar-refractivity contribution in [3.8, 4) is 11.5 Å². The molecule has 42 heavy (non-hydrogen) atoms. The number of anilines is 1. The number of nitrogens with zero attached hydrogens (tertiary/aromatic N) is 2. The van der Waals surface area contributed by atoms with Crippen molar-refractivity contribution in [2.45, 2.75) is 50.7 Å². The molecule has 2 atom stereocenters. The van der Waals surface area contributed by atoms with Crippen LogP contribution in [-0.4, -0.2) is 58.0 Å². The first-order chi connectivity index (χ1) is 19.9. The third-order valence-corrected chi connectivity index (χ3v) is 9.19. The minimum Gasteiger partial charge on any atom is -0.493 e. The van der Waals surface area contributed by atoms with Crippen molar-refractivity contribution in [1.29, 1.82) is 0 Å². The first-order valence-corrected chi connectivity index (χ1v) is 15.5. The van der Waals surface area contributed by atoms with Crippen LogP contribution < -0.4 is 19.1 Å². The first-order valence-electron chi connectivity index (χ1n) is 13.3. The van der Waals surface area contributed by atoms with Gasteiger partial charge in [-0.25, -0.2) is 8.42 Å². The van der Waals surface area contributed by atoms with Gasteiger partial charge >= 0.3 is 0 Å². The van der Waals surface area contributed by atoms with Gasteiger partial charge in [-0.2, -0.15) is 0 Å². The van der Waals surface area contributed by atoms with E-state index in [4.69, 9.17) is 32.7 Å². The Bertz CT molecular complexity index is 1500. The van der Waals surface area contributed by atoms with Crippen molar-refractivity contribution in [1.82, 2.24) is 10.2 Å². The second kappa shape index (κ2) is 14.6. The number of methoxy groups -OCH3 is 2. The number of amides is 2. The van der Waals surface area contributed by atoms with E-state index in [1.165, 1.54) is 61.6 Å². The second-order valence-corrected chi connectivity index (χ2v) is 12.3. The Morgan fingerprint density at radius 1 is 0.929 bits per heavy atom. The largest absolute Gasteiger partial charge is 0.493 e. The van der Waals surface area contributed by atoms with Gasteiger partial charge < -0.3 is 19.7 Å². The molecule has 3 aromatic rings. The zero-order chi connectivity index (χ0) is 31.0. The minimum atomic E-state index is -4.32. The zero-order valence-electron chi connectivity index (χ0n) is 24.1. The summed E-state index contributed by atoms with van der Waals surface area (Å²) in [5, 5.41) is 3.70. The van der Waals surface area contributed by atoms with Crippen LogP contribution in [0.3, 0.4) is 0 Å². The van der Waals surface area contributed by atoms with Crippen molar-refractivity contribution < 1.29 is 27.5 Å². The third kappa shape index (κ3) is 7.87. The molecule has 0 aliphatic rings. The van der Waals surface area contributed by atoms with Crippen LogP contribution in [0.15, 0.2) is 71.6 Å². The quantitative estimate of drug-likeness (QED) is 0.264. The number of rotatable bonds is 13. The molecule has 0 radical (unpaired) electrons. The predicted molar refractivity (Wildman–Crippen MR) is 165 cm³/mol. The summed E-state index contributed by atoms with van der Waals surface area (Å²) in [6.45, 7) is 4.78. The number of halogens is 2. The molecule has 1 N–H and O–H groups in total. The minimum absolute atomic E-state index is 0.0154. The van der Waals surface area contributed by atoms with Gasteiger partial charge in [-0.05, 0) is 68.3 Å². The molecule has 0 saturated heterocycles. The fourth-order valence-electron chi connectivity index (χ4n) is 4.10. The molecule has 2 amide bonds. The number of nitrogens with one attached hydrogen (secondary N) is 1. The van der Waals surface area contributed by atoms with Crippen LogP contribution in [0.5, 0.6) is 11.5 Å². The van der Waals surface area contributed by atoms with Crippen LogP contribution in [0.1, 0.15) is 32.8 Å². The number of sulfonamides is 1.